The lowest BCUT2D eigenvalue weighted by atomic mass is 10.2. The highest BCUT2D eigenvalue weighted by atomic mass is 79.9. The first-order valence-corrected chi connectivity index (χ1v) is 4.03. The van der Waals surface area contributed by atoms with Crippen LogP contribution in [0.5, 0.6) is 0 Å². The molecule has 1 unspecified atom stereocenters. The molecule has 2 heteroatoms. The van der Waals surface area contributed by atoms with Crippen molar-refractivity contribution in [2.75, 3.05) is 0 Å². The third-order valence-electron chi connectivity index (χ3n) is 1.05. The van der Waals surface area contributed by atoms with Crippen LogP contribution in [-0.2, 0) is 0 Å². The van der Waals surface area contributed by atoms with Crippen LogP contribution < -0.4 is 0 Å². The van der Waals surface area contributed by atoms with E-state index in [1.807, 2.05) is 6.92 Å². The van der Waals surface area contributed by atoms with Crippen LogP contribution in [0.4, 0.5) is 4.39 Å². The van der Waals surface area contributed by atoms with Gasteiger partial charge in [0.15, 0.2) is 5.08 Å². The summed E-state index contributed by atoms with van der Waals surface area (Å²) in [5, 5.41) is -0.968. The van der Waals surface area contributed by atoms with Gasteiger partial charge in [0.2, 0.25) is 0 Å². The minimum Gasteiger partial charge on any atom is -0.230 e. The van der Waals surface area contributed by atoms with Crippen molar-refractivity contribution in [2.45, 2.75) is 31.8 Å². The summed E-state index contributed by atoms with van der Waals surface area (Å²) in [6, 6.07) is 0. The second kappa shape index (κ2) is 4.98. The predicted octanol–water partition coefficient (Wildman–Crippen LogP) is 3.42. The quantitative estimate of drug-likeness (QED) is 0.478. The third-order valence-corrected chi connectivity index (χ3v) is 1.32. The SMILES string of the molecule is CCCC(C)=CC(F)Br. The normalized spacial score (nSPS) is 15.8. The molecule has 0 rings (SSSR count). The summed E-state index contributed by atoms with van der Waals surface area (Å²) in [5.74, 6) is 0. The van der Waals surface area contributed by atoms with Gasteiger partial charge in [-0.3, -0.25) is 0 Å². The topological polar surface area (TPSA) is 0 Å². The molecule has 0 N–H and O–H groups in total. The molecule has 0 aromatic rings. The highest BCUT2D eigenvalue weighted by Gasteiger charge is 1.93. The molecule has 0 fully saturated rings. The summed E-state index contributed by atoms with van der Waals surface area (Å²) in [5.41, 5.74) is 1.11. The fourth-order valence-corrected chi connectivity index (χ4v) is 1.14. The first kappa shape index (κ1) is 9.15. The zero-order valence-corrected chi connectivity index (χ0v) is 7.41. The lowest BCUT2D eigenvalue weighted by Gasteiger charge is -1.96. The van der Waals surface area contributed by atoms with E-state index >= 15 is 0 Å². The van der Waals surface area contributed by atoms with Crippen molar-refractivity contribution in [3.63, 3.8) is 0 Å². The maximum atomic E-state index is 12.1. The van der Waals surface area contributed by atoms with Crippen LogP contribution >= 0.6 is 15.9 Å². The highest BCUT2D eigenvalue weighted by Crippen LogP contribution is 2.09. The fraction of sp³-hybridized carbons (Fsp3) is 0.714. The van der Waals surface area contributed by atoms with E-state index in [-0.39, 0.29) is 0 Å². The Hall–Kier alpha value is 0.150. The number of allylic oxidation sites excluding steroid dienone is 2. The van der Waals surface area contributed by atoms with E-state index in [1.54, 1.807) is 6.08 Å². The molecule has 54 valence electrons. The molecule has 0 saturated carbocycles. The van der Waals surface area contributed by atoms with Crippen molar-refractivity contribution in [2.24, 2.45) is 0 Å². The monoisotopic (exact) mass is 194 g/mol. The number of hydrogen-bond donors (Lipinski definition) is 0. The molecule has 0 aliphatic carbocycles. The summed E-state index contributed by atoms with van der Waals surface area (Å²) in [7, 11) is 0. The van der Waals surface area contributed by atoms with Gasteiger partial charge in [0.25, 0.3) is 0 Å². The van der Waals surface area contributed by atoms with Gasteiger partial charge in [0.1, 0.15) is 0 Å². The Morgan fingerprint density at radius 1 is 1.78 bits per heavy atom. The average Bonchev–Trinajstić information content (AvgIpc) is 1.63. The molecule has 0 saturated heterocycles. The summed E-state index contributed by atoms with van der Waals surface area (Å²) < 4.78 is 12.1. The van der Waals surface area contributed by atoms with Crippen LogP contribution in [0.3, 0.4) is 0 Å². The Bertz CT molecular complexity index is 97.1. The van der Waals surface area contributed by atoms with Crippen LogP contribution in [-0.4, -0.2) is 5.08 Å². The molecular weight excluding hydrogens is 183 g/mol. The van der Waals surface area contributed by atoms with E-state index in [0.29, 0.717) is 0 Å². The van der Waals surface area contributed by atoms with Gasteiger partial charge < -0.3 is 0 Å². The molecule has 0 aromatic carbocycles. The Morgan fingerprint density at radius 3 is 2.67 bits per heavy atom. The molecule has 0 aliphatic rings. The van der Waals surface area contributed by atoms with Gasteiger partial charge in [-0.15, -0.1) is 0 Å². The first-order valence-electron chi connectivity index (χ1n) is 3.12. The van der Waals surface area contributed by atoms with Crippen molar-refractivity contribution in [1.29, 1.82) is 0 Å². The minimum atomic E-state index is -0.968. The van der Waals surface area contributed by atoms with Crippen LogP contribution in [0.25, 0.3) is 0 Å². The summed E-state index contributed by atoms with van der Waals surface area (Å²) in [4.78, 5) is 0. The molecule has 9 heavy (non-hydrogen) atoms. The Morgan fingerprint density at radius 2 is 2.33 bits per heavy atom. The molecule has 0 spiro atoms. The number of rotatable bonds is 3. The van der Waals surface area contributed by atoms with Gasteiger partial charge >= 0.3 is 0 Å². The zero-order chi connectivity index (χ0) is 7.28. The molecular formula is C7H12BrF. The molecule has 0 amide bonds. The maximum Gasteiger partial charge on any atom is 0.173 e. The molecule has 0 aliphatic heterocycles. The first-order chi connectivity index (χ1) is 4.16. The van der Waals surface area contributed by atoms with E-state index < -0.39 is 5.08 Å². The summed E-state index contributed by atoms with van der Waals surface area (Å²) in [6.07, 6.45) is 3.66. The molecule has 0 heterocycles. The number of halogens is 2. The molecule has 0 bridgehead atoms. The van der Waals surface area contributed by atoms with Crippen molar-refractivity contribution >= 4 is 15.9 Å². The fourth-order valence-electron chi connectivity index (χ4n) is 0.693. The van der Waals surface area contributed by atoms with Crippen molar-refractivity contribution in [3.05, 3.63) is 11.6 Å². The highest BCUT2D eigenvalue weighted by molar-refractivity contribution is 9.09. The van der Waals surface area contributed by atoms with Crippen LogP contribution in [0.1, 0.15) is 26.7 Å². The van der Waals surface area contributed by atoms with Gasteiger partial charge in [0, 0.05) is 0 Å². The van der Waals surface area contributed by atoms with Gasteiger partial charge in [-0.1, -0.05) is 18.9 Å². The lowest BCUT2D eigenvalue weighted by Crippen LogP contribution is -1.82. The third kappa shape index (κ3) is 6.03. The second-order valence-electron chi connectivity index (χ2n) is 2.10. The van der Waals surface area contributed by atoms with Crippen LogP contribution in [0, 0.1) is 0 Å². The van der Waals surface area contributed by atoms with Crippen LogP contribution in [0.2, 0.25) is 0 Å². The largest absolute Gasteiger partial charge is 0.230 e. The van der Waals surface area contributed by atoms with Gasteiger partial charge in [-0.05, 0) is 35.4 Å². The summed E-state index contributed by atoms with van der Waals surface area (Å²) in [6.45, 7) is 4.02. The van der Waals surface area contributed by atoms with E-state index in [1.165, 1.54) is 0 Å². The average molecular weight is 195 g/mol. The lowest BCUT2D eigenvalue weighted by molar-refractivity contribution is 0.526. The Balaban J connectivity index is 3.55. The summed E-state index contributed by atoms with van der Waals surface area (Å²) >= 11 is 2.80. The van der Waals surface area contributed by atoms with E-state index in [2.05, 4.69) is 22.9 Å². The predicted molar refractivity (Wildman–Crippen MR) is 42.5 cm³/mol. The molecule has 0 nitrogen and oxygen atoms in total. The van der Waals surface area contributed by atoms with E-state index in [0.717, 1.165) is 18.4 Å². The molecule has 1 atom stereocenters. The van der Waals surface area contributed by atoms with Crippen molar-refractivity contribution in [1.82, 2.24) is 0 Å². The van der Waals surface area contributed by atoms with Crippen molar-refractivity contribution in [3.8, 4) is 0 Å². The Kier molecular flexibility index (Phi) is 5.06. The Labute approximate surface area is 64.3 Å². The second-order valence-corrected chi connectivity index (χ2v) is 2.97. The maximum absolute atomic E-state index is 12.1. The zero-order valence-electron chi connectivity index (χ0n) is 5.82. The van der Waals surface area contributed by atoms with Crippen LogP contribution in [0.15, 0.2) is 11.6 Å². The van der Waals surface area contributed by atoms with E-state index in [9.17, 15) is 4.39 Å². The molecule has 0 radical (unpaired) electrons. The van der Waals surface area contributed by atoms with E-state index in [4.69, 9.17) is 0 Å². The van der Waals surface area contributed by atoms with Crippen molar-refractivity contribution < 1.29 is 4.39 Å². The van der Waals surface area contributed by atoms with Gasteiger partial charge in [0.05, 0.1) is 0 Å². The molecule has 0 aromatic heterocycles. The number of hydrogen-bond acceptors (Lipinski definition) is 0. The smallest absolute Gasteiger partial charge is 0.173 e. The van der Waals surface area contributed by atoms with Gasteiger partial charge in [-0.25, -0.2) is 4.39 Å². The number of alkyl halides is 2. The van der Waals surface area contributed by atoms with Gasteiger partial charge in [-0.2, -0.15) is 0 Å². The minimum absolute atomic E-state index is 0.968. The standard InChI is InChI=1S/C7H12BrF/c1-3-4-6(2)5-7(8)9/h5,7H,3-4H2,1-2H3.